The smallest absolute Gasteiger partial charge is 0.330 e. The van der Waals surface area contributed by atoms with Crippen LogP contribution in [0.15, 0.2) is 78.9 Å². The minimum Gasteiger partial charge on any atom is -0.508 e. The van der Waals surface area contributed by atoms with E-state index in [-0.39, 0.29) is 46.2 Å². The lowest BCUT2D eigenvalue weighted by molar-refractivity contribution is -0.333. The Morgan fingerprint density at radius 2 is 1.32 bits per heavy atom. The van der Waals surface area contributed by atoms with Crippen LogP contribution in [0.3, 0.4) is 0 Å². The van der Waals surface area contributed by atoms with Gasteiger partial charge in [-0.25, -0.2) is 4.79 Å². The van der Waals surface area contributed by atoms with E-state index in [1.165, 1.54) is 33.0 Å². The molecule has 7 aliphatic rings. The van der Waals surface area contributed by atoms with Gasteiger partial charge in [0.1, 0.15) is 89.5 Å². The van der Waals surface area contributed by atoms with Gasteiger partial charge in [-0.05, 0) is 110 Å². The van der Waals surface area contributed by atoms with Crippen molar-refractivity contribution in [3.8, 4) is 57.1 Å². The molecular weight excluding hydrogens is 1370 g/mol. The molecule has 0 saturated carbocycles. The number of nitrogens with one attached hydrogen (secondary N) is 7. The van der Waals surface area contributed by atoms with E-state index in [0.29, 0.717) is 0 Å². The predicted octanol–water partition coefficient (Wildman–Crippen LogP) is 0.106. The molecule has 7 heterocycles. The Bertz CT molecular complexity index is 4070. The summed E-state index contributed by atoms with van der Waals surface area (Å²) < 4.78 is 38.3. The van der Waals surface area contributed by atoms with E-state index >= 15 is 14.4 Å². The maximum absolute atomic E-state index is 16.0. The molecule has 12 rings (SSSR count). The summed E-state index contributed by atoms with van der Waals surface area (Å²) in [5.41, 5.74) is 8.00. The van der Waals surface area contributed by atoms with Crippen molar-refractivity contribution in [2.75, 3.05) is 13.7 Å². The van der Waals surface area contributed by atoms with Crippen LogP contribution < -0.4 is 62.9 Å². The summed E-state index contributed by atoms with van der Waals surface area (Å²) in [4.78, 5) is 117. The van der Waals surface area contributed by atoms with Gasteiger partial charge >= 0.3 is 5.97 Å². The molecule has 0 radical (unpaired) electrons. The number of halogens is 2. The second-order valence-corrected chi connectivity index (χ2v) is 26.5. The number of phenols is 3. The number of aliphatic hydroxyl groups excluding tert-OH is 6. The summed E-state index contributed by atoms with van der Waals surface area (Å²) in [5, 5.41) is 131. The SMILES string of the molecule is CN[C@H](CC(C)C)C(=O)N[C@H]1C(=O)N[C@@H](CC(N)=O)C(=O)N[C@H]2C(=O)N[C@H]3C(=O)N[C@H](C(=O)N[C@@H](C(=O)O)c4cc(O)cc(O)c4-c4cc3ccc4O)[C@H](O)c3ccc(c(Cl)c3)Oc3cc2cc(c3O[C@@H]2O[C@@H](CO)[C@@H](O)[C@H](O)[C@@H]2O[C@@H]2C[C@](C)(N)[C@H](O)[C@@H](C)O2)Oc2ccc(cc2Cl)[C@H]1O. The lowest BCUT2D eigenvalue weighted by Gasteiger charge is -2.47. The molecule has 7 amide bonds. The van der Waals surface area contributed by atoms with E-state index in [1.807, 2.05) is 13.8 Å². The van der Waals surface area contributed by atoms with Gasteiger partial charge in [-0.2, -0.15) is 0 Å². The highest BCUT2D eigenvalue weighted by Crippen LogP contribution is 2.50. The normalized spacial score (nSPS) is 29.4. The number of hydrogen-bond acceptors (Lipinski definition) is 25. The highest BCUT2D eigenvalue weighted by molar-refractivity contribution is 6.32. The van der Waals surface area contributed by atoms with E-state index < -0.39 is 237 Å². The first-order valence-corrected chi connectivity index (χ1v) is 32.4. The third-order valence-electron chi connectivity index (χ3n) is 17.8. The van der Waals surface area contributed by atoms with Gasteiger partial charge in [0.2, 0.25) is 53.4 Å². The molecule has 0 aromatic heterocycles. The number of benzene rings is 5. The van der Waals surface area contributed by atoms with Crippen LogP contribution in [-0.2, 0) is 52.6 Å². The Balaban J connectivity index is 1.24. The molecular formula is C66H75Cl2N9O24. The van der Waals surface area contributed by atoms with E-state index in [4.69, 9.17) is 63.1 Å². The number of nitrogens with two attached hydrogens (primary N) is 2. The quantitative estimate of drug-likeness (QED) is 0.0743. The predicted molar refractivity (Wildman–Crippen MR) is 349 cm³/mol. The Labute approximate surface area is 584 Å². The van der Waals surface area contributed by atoms with Crippen molar-refractivity contribution in [2.45, 2.75) is 156 Å². The number of carbonyl (C=O) groups is 8. The molecule has 2 fully saturated rings. The maximum Gasteiger partial charge on any atom is 0.330 e. The van der Waals surface area contributed by atoms with Crippen molar-refractivity contribution in [1.82, 2.24) is 37.2 Å². The molecule has 5 aromatic carbocycles. The number of fused-ring (bicyclic) bond motifs is 15. The number of likely N-dealkylation sites (N-methyl/N-ethyl adjacent to an activating group) is 1. The molecule has 5 aromatic rings. The molecule has 11 bridgehead atoms. The van der Waals surface area contributed by atoms with Gasteiger partial charge in [0.15, 0.2) is 29.9 Å². The lowest BCUT2D eigenvalue weighted by Crippen LogP contribution is -2.64. The molecule has 21 N–H and O–H groups in total. The summed E-state index contributed by atoms with van der Waals surface area (Å²) >= 11 is 14.1. The second-order valence-electron chi connectivity index (χ2n) is 25.7. The fourth-order valence-corrected chi connectivity index (χ4v) is 12.9. The molecule has 35 heteroatoms. The number of primary amides is 1. The second kappa shape index (κ2) is 30.2. The number of carbonyl (C=O) groups excluding carboxylic acids is 7. The monoisotopic (exact) mass is 1450 g/mol. The number of carboxylic acids is 1. The minimum atomic E-state index is -2.35. The number of amides is 7. The molecule has 0 unspecified atom stereocenters. The van der Waals surface area contributed by atoms with Crippen molar-refractivity contribution in [1.29, 1.82) is 0 Å². The van der Waals surface area contributed by atoms with Gasteiger partial charge in [-0.1, -0.05) is 55.2 Å². The van der Waals surface area contributed by atoms with Crippen molar-refractivity contribution < 1.29 is 118 Å². The largest absolute Gasteiger partial charge is 0.508 e. The molecule has 0 aliphatic carbocycles. The number of phenolic OH excluding ortho intramolecular Hbond substituents is 3. The highest BCUT2D eigenvalue weighted by Gasteiger charge is 2.51. The number of aromatic hydroxyl groups is 3. The van der Waals surface area contributed by atoms with E-state index in [9.17, 15) is 75.0 Å². The van der Waals surface area contributed by atoms with Gasteiger partial charge < -0.3 is 128 Å². The van der Waals surface area contributed by atoms with E-state index in [1.54, 1.807) is 0 Å². The summed E-state index contributed by atoms with van der Waals surface area (Å²) in [5.74, 6) is -16.0. The van der Waals surface area contributed by atoms with Crippen LogP contribution in [0.25, 0.3) is 11.1 Å². The lowest BCUT2D eigenvalue weighted by atomic mass is 9.86. The molecule has 2 saturated heterocycles. The van der Waals surface area contributed by atoms with Gasteiger partial charge in [0, 0.05) is 34.7 Å². The average Bonchev–Trinajstić information content (AvgIpc) is 0.775. The van der Waals surface area contributed by atoms with E-state index in [2.05, 4.69) is 37.2 Å². The van der Waals surface area contributed by atoms with Crippen LogP contribution in [0.5, 0.6) is 46.0 Å². The first-order chi connectivity index (χ1) is 47.7. The van der Waals surface area contributed by atoms with Crippen molar-refractivity contribution in [2.24, 2.45) is 17.4 Å². The summed E-state index contributed by atoms with van der Waals surface area (Å²) in [6.45, 7) is 5.66. The number of rotatable bonds is 13. The molecule has 101 heavy (non-hydrogen) atoms. The molecule has 542 valence electrons. The van der Waals surface area contributed by atoms with Crippen molar-refractivity contribution in [3.63, 3.8) is 0 Å². The van der Waals surface area contributed by atoms with Gasteiger partial charge in [0.05, 0.1) is 41.3 Å². The fraction of sp³-hybridized carbons (Fsp3) is 0.424. The van der Waals surface area contributed by atoms with Crippen LogP contribution in [-0.4, -0.2) is 191 Å². The highest BCUT2D eigenvalue weighted by atomic mass is 35.5. The summed E-state index contributed by atoms with van der Waals surface area (Å²) in [7, 11) is 1.47. The molecule has 18 atom stereocenters. The number of hydrogen-bond donors (Lipinski definition) is 19. The Morgan fingerprint density at radius 1 is 0.713 bits per heavy atom. The van der Waals surface area contributed by atoms with Gasteiger partial charge in [-0.15, -0.1) is 0 Å². The number of aliphatic hydroxyl groups is 6. The van der Waals surface area contributed by atoms with Crippen LogP contribution >= 0.6 is 23.2 Å². The number of carboxylic acid groups (broad SMARTS) is 1. The van der Waals surface area contributed by atoms with E-state index in [0.717, 1.165) is 66.7 Å². The van der Waals surface area contributed by atoms with Crippen LogP contribution in [0.4, 0.5) is 0 Å². The van der Waals surface area contributed by atoms with Crippen molar-refractivity contribution in [3.05, 3.63) is 117 Å². The Hall–Kier alpha value is -9.20. The summed E-state index contributed by atoms with van der Waals surface area (Å²) in [6, 6.07) is -0.679. The minimum absolute atomic E-state index is 0.0975. The van der Waals surface area contributed by atoms with Crippen LogP contribution in [0, 0.1) is 5.92 Å². The maximum atomic E-state index is 16.0. The topological polar surface area (TPSA) is 530 Å². The van der Waals surface area contributed by atoms with Crippen LogP contribution in [0.1, 0.15) is 105 Å². The van der Waals surface area contributed by atoms with Gasteiger partial charge in [-0.3, -0.25) is 33.6 Å². The first-order valence-electron chi connectivity index (χ1n) is 31.6. The van der Waals surface area contributed by atoms with Crippen molar-refractivity contribution >= 4 is 70.5 Å². The van der Waals surface area contributed by atoms with Gasteiger partial charge in [0.25, 0.3) is 0 Å². The Kier molecular flexibility index (Phi) is 22.2. The zero-order valence-electron chi connectivity index (χ0n) is 54.3. The molecule has 7 aliphatic heterocycles. The third kappa shape index (κ3) is 15.8. The summed E-state index contributed by atoms with van der Waals surface area (Å²) in [6.07, 6.45) is -18.6. The fourth-order valence-electron chi connectivity index (χ4n) is 12.5. The molecule has 33 nitrogen and oxygen atoms in total. The zero-order chi connectivity index (χ0) is 73.5. The number of aliphatic carboxylic acids is 1. The average molecular weight is 1450 g/mol. The molecule has 0 spiro atoms. The number of ether oxygens (including phenoxy) is 6. The first kappa shape index (κ1) is 74.5. The Morgan fingerprint density at radius 3 is 1.90 bits per heavy atom. The zero-order valence-corrected chi connectivity index (χ0v) is 55.8. The third-order valence-corrected chi connectivity index (χ3v) is 18.4. The standard InChI is InChI=1S/C66H75Cl2N9O24/c1-23(2)12-34(71-5)58(88)76-49-51(83)26-7-10-38(32(67)14-26)97-40-16-28-17-41(55(40)101-65-56(54(86)53(85)42(22-78)99-65)100-44-21-66(4,70)57(87)24(3)96-44)98-39-11-8-27(15-33(39)68)52(84)50-63(93)75-48(64(94)95)31-18-29(79)19-37(81)45(31)30-13-25(6-9-36(30)80)46(60(90)77-50)74-61(91)47(28)73-59(89)35(20-43(69)82)72-62(49)92/h6-11,13-19,23-24,34-35,42,44,46-54,56-57,65,71,78-81,83-87H,12,20-22,70H2,1-5H3,(H2,69,82)(H,72,92)(H,73,89)(H,74,91)(H,75,93)(H,76,88)(H,77,90)(H,94,95)/t24-,34-,35+,42+,44-,46-,47-,48-,49-,50+,51-,52-,53-,54+,56+,57-,65+,66+/m1/s1. The van der Waals surface area contributed by atoms with Crippen LogP contribution in [0.2, 0.25) is 10.0 Å².